The van der Waals surface area contributed by atoms with E-state index in [9.17, 15) is 9.59 Å². The summed E-state index contributed by atoms with van der Waals surface area (Å²) in [6.07, 6.45) is 4.86. The molecule has 0 saturated carbocycles. The van der Waals surface area contributed by atoms with Crippen LogP contribution < -0.4 is 0 Å². The summed E-state index contributed by atoms with van der Waals surface area (Å²) in [5, 5.41) is 0.728. The number of carbonyl (C=O) groups is 2. The lowest BCUT2D eigenvalue weighted by Crippen LogP contribution is -2.44. The van der Waals surface area contributed by atoms with Crippen molar-refractivity contribution in [1.82, 2.24) is 5.06 Å². The summed E-state index contributed by atoms with van der Waals surface area (Å²) in [7, 11) is 0. The number of hydrogen-bond donors (Lipinski definition) is 0. The van der Waals surface area contributed by atoms with Crippen molar-refractivity contribution in [2.75, 3.05) is 19.8 Å². The normalized spacial score (nSPS) is 24.1. The van der Waals surface area contributed by atoms with Crippen LogP contribution in [0.5, 0.6) is 0 Å². The SMILES string of the molecule is C=CCOC[C@H]1O[C@H](ON2C(=O)c3ccccc3C2=O)C=C[C@@H]1OCC=C. The fourth-order valence-corrected chi connectivity index (χ4v) is 2.79. The first-order chi connectivity index (χ1) is 13.2. The number of carbonyl (C=O) groups excluding carboxylic acids is 2. The third-order valence-corrected chi connectivity index (χ3v) is 4.02. The zero-order valence-electron chi connectivity index (χ0n) is 14.8. The minimum Gasteiger partial charge on any atom is -0.375 e. The molecule has 7 nitrogen and oxygen atoms in total. The maximum Gasteiger partial charge on any atom is 0.286 e. The van der Waals surface area contributed by atoms with Gasteiger partial charge < -0.3 is 14.2 Å². The number of hydrogen-bond acceptors (Lipinski definition) is 6. The molecule has 2 heterocycles. The molecule has 0 aliphatic carbocycles. The topological polar surface area (TPSA) is 74.3 Å². The number of ether oxygens (including phenoxy) is 3. The van der Waals surface area contributed by atoms with Crippen molar-refractivity contribution in [1.29, 1.82) is 0 Å². The molecule has 0 spiro atoms. The highest BCUT2D eigenvalue weighted by molar-refractivity contribution is 6.20. The predicted octanol–water partition coefficient (Wildman–Crippen LogP) is 2.27. The molecule has 2 amide bonds. The molecule has 0 saturated heterocycles. The van der Waals surface area contributed by atoms with Gasteiger partial charge in [0, 0.05) is 0 Å². The lowest BCUT2D eigenvalue weighted by molar-refractivity contribution is -0.250. The Bertz CT molecular complexity index is 724. The van der Waals surface area contributed by atoms with Crippen molar-refractivity contribution in [3.8, 4) is 0 Å². The van der Waals surface area contributed by atoms with Crippen LogP contribution in [0.4, 0.5) is 0 Å². The van der Waals surface area contributed by atoms with E-state index in [1.807, 2.05) is 0 Å². The molecule has 1 aromatic carbocycles. The monoisotopic (exact) mass is 371 g/mol. The summed E-state index contributed by atoms with van der Waals surface area (Å²) in [6.45, 7) is 8.17. The maximum absolute atomic E-state index is 12.4. The first-order valence-corrected chi connectivity index (χ1v) is 8.55. The lowest BCUT2D eigenvalue weighted by atomic mass is 10.1. The van der Waals surface area contributed by atoms with E-state index in [2.05, 4.69) is 13.2 Å². The average molecular weight is 371 g/mol. The molecule has 2 aliphatic heterocycles. The largest absolute Gasteiger partial charge is 0.375 e. The average Bonchev–Trinajstić information content (AvgIpc) is 2.93. The molecule has 7 heteroatoms. The molecule has 3 rings (SSSR count). The Morgan fingerprint density at radius 2 is 1.70 bits per heavy atom. The molecule has 142 valence electrons. The highest BCUT2D eigenvalue weighted by atomic mass is 16.8. The zero-order chi connectivity index (χ0) is 19.2. The summed E-state index contributed by atoms with van der Waals surface area (Å²) >= 11 is 0. The van der Waals surface area contributed by atoms with Crippen LogP contribution in [0.3, 0.4) is 0 Å². The number of hydroxylamine groups is 2. The van der Waals surface area contributed by atoms with E-state index in [0.29, 0.717) is 24.3 Å². The van der Waals surface area contributed by atoms with Crippen LogP contribution in [0.15, 0.2) is 61.7 Å². The van der Waals surface area contributed by atoms with Crippen LogP contribution in [-0.2, 0) is 19.0 Å². The van der Waals surface area contributed by atoms with Crippen LogP contribution in [0.1, 0.15) is 20.7 Å². The van der Waals surface area contributed by atoms with Crippen molar-refractivity contribution in [2.24, 2.45) is 0 Å². The third kappa shape index (κ3) is 4.23. The van der Waals surface area contributed by atoms with E-state index in [1.54, 1.807) is 48.6 Å². The van der Waals surface area contributed by atoms with Gasteiger partial charge in [0.2, 0.25) is 6.29 Å². The molecule has 0 aromatic heterocycles. The number of imide groups is 1. The highest BCUT2D eigenvalue weighted by Gasteiger charge is 2.39. The Kier molecular flexibility index (Phi) is 6.31. The van der Waals surface area contributed by atoms with E-state index in [1.165, 1.54) is 0 Å². The molecule has 0 unspecified atom stereocenters. The van der Waals surface area contributed by atoms with E-state index in [0.717, 1.165) is 5.06 Å². The molecule has 3 atom stereocenters. The van der Waals surface area contributed by atoms with Crippen molar-refractivity contribution < 1.29 is 28.6 Å². The first-order valence-electron chi connectivity index (χ1n) is 8.55. The quantitative estimate of drug-likeness (QED) is 0.377. The van der Waals surface area contributed by atoms with Gasteiger partial charge >= 0.3 is 0 Å². The Balaban J connectivity index is 1.68. The highest BCUT2D eigenvalue weighted by Crippen LogP contribution is 2.25. The minimum absolute atomic E-state index is 0.236. The van der Waals surface area contributed by atoms with Crippen LogP contribution >= 0.6 is 0 Å². The number of benzene rings is 1. The van der Waals surface area contributed by atoms with Crippen LogP contribution in [-0.4, -0.2) is 55.2 Å². The van der Waals surface area contributed by atoms with Gasteiger partial charge in [0.05, 0.1) is 30.9 Å². The van der Waals surface area contributed by atoms with Crippen LogP contribution in [0, 0.1) is 0 Å². The van der Waals surface area contributed by atoms with Gasteiger partial charge in [-0.25, -0.2) is 4.84 Å². The van der Waals surface area contributed by atoms with Crippen molar-refractivity contribution in [3.05, 3.63) is 72.9 Å². The summed E-state index contributed by atoms with van der Waals surface area (Å²) < 4.78 is 16.9. The van der Waals surface area contributed by atoms with Gasteiger partial charge in [-0.15, -0.1) is 18.2 Å². The zero-order valence-corrected chi connectivity index (χ0v) is 14.8. The van der Waals surface area contributed by atoms with Gasteiger partial charge in [0.25, 0.3) is 11.8 Å². The van der Waals surface area contributed by atoms with Crippen molar-refractivity contribution in [3.63, 3.8) is 0 Å². The van der Waals surface area contributed by atoms with Crippen LogP contribution in [0.2, 0.25) is 0 Å². The van der Waals surface area contributed by atoms with E-state index < -0.39 is 24.2 Å². The van der Waals surface area contributed by atoms with Gasteiger partial charge in [-0.1, -0.05) is 30.4 Å². The fraction of sp³-hybridized carbons (Fsp3) is 0.300. The second-order valence-corrected chi connectivity index (χ2v) is 5.90. The number of rotatable bonds is 9. The molecule has 0 bridgehead atoms. The fourth-order valence-electron chi connectivity index (χ4n) is 2.79. The molecule has 0 fully saturated rings. The molecule has 1 aromatic rings. The lowest BCUT2D eigenvalue weighted by Gasteiger charge is -2.32. The van der Waals surface area contributed by atoms with E-state index in [-0.39, 0.29) is 12.7 Å². The van der Waals surface area contributed by atoms with Crippen LogP contribution in [0.25, 0.3) is 0 Å². The number of nitrogens with zero attached hydrogens (tertiary/aromatic N) is 1. The molecular weight excluding hydrogens is 350 g/mol. The first kappa shape index (κ1) is 19.2. The van der Waals surface area contributed by atoms with Crippen molar-refractivity contribution in [2.45, 2.75) is 18.5 Å². The van der Waals surface area contributed by atoms with Gasteiger partial charge in [-0.2, -0.15) is 0 Å². The molecule has 0 N–H and O–H groups in total. The van der Waals surface area contributed by atoms with Gasteiger partial charge in [-0.3, -0.25) is 9.59 Å². The smallest absolute Gasteiger partial charge is 0.286 e. The molecule has 2 aliphatic rings. The van der Waals surface area contributed by atoms with Gasteiger partial charge in [-0.05, 0) is 18.2 Å². The second-order valence-electron chi connectivity index (χ2n) is 5.90. The Morgan fingerprint density at radius 3 is 2.33 bits per heavy atom. The molecule has 27 heavy (non-hydrogen) atoms. The number of amides is 2. The Labute approximate surface area is 157 Å². The summed E-state index contributed by atoms with van der Waals surface area (Å²) in [4.78, 5) is 30.3. The molecular formula is C20H21NO6. The minimum atomic E-state index is -0.923. The standard InChI is InChI=1S/C20H21NO6/c1-3-11-24-13-17-16(25-12-4-2)9-10-18(26-17)27-21-19(22)14-7-5-6-8-15(14)20(21)23/h3-10,16-18H,1-2,11-13H2/t16-,17+,18+/m0/s1. The Morgan fingerprint density at radius 1 is 1.04 bits per heavy atom. The maximum atomic E-state index is 12.4. The summed E-state index contributed by atoms with van der Waals surface area (Å²) in [6, 6.07) is 6.56. The summed E-state index contributed by atoms with van der Waals surface area (Å²) in [5.41, 5.74) is 0.612. The van der Waals surface area contributed by atoms with E-state index in [4.69, 9.17) is 19.0 Å². The predicted molar refractivity (Wildman–Crippen MR) is 96.8 cm³/mol. The van der Waals surface area contributed by atoms with Crippen molar-refractivity contribution >= 4 is 11.8 Å². The van der Waals surface area contributed by atoms with Gasteiger partial charge in [0.15, 0.2) is 0 Å². The third-order valence-electron chi connectivity index (χ3n) is 4.02. The Hall–Kier alpha value is -2.58. The molecule has 0 radical (unpaired) electrons. The number of fused-ring (bicyclic) bond motifs is 1. The summed E-state index contributed by atoms with van der Waals surface area (Å²) in [5.74, 6) is -1.03. The van der Waals surface area contributed by atoms with Gasteiger partial charge in [0.1, 0.15) is 12.2 Å². The second kappa shape index (κ2) is 8.88. The van der Waals surface area contributed by atoms with E-state index >= 15 is 0 Å².